The summed E-state index contributed by atoms with van der Waals surface area (Å²) in [4.78, 5) is 2.55. The number of hydrogen-bond donors (Lipinski definition) is 0. The van der Waals surface area contributed by atoms with E-state index in [2.05, 4.69) is 67.6 Å². The molecule has 25 heavy (non-hydrogen) atoms. The van der Waals surface area contributed by atoms with Gasteiger partial charge in [0.25, 0.3) is 0 Å². The molecule has 1 aromatic carbocycles. The van der Waals surface area contributed by atoms with E-state index in [1.165, 1.54) is 43.3 Å². The third kappa shape index (κ3) is 3.03. The molecule has 0 aliphatic carbocycles. The average molecular weight is 340 g/mol. The van der Waals surface area contributed by atoms with Gasteiger partial charge in [0.2, 0.25) is 0 Å². The lowest BCUT2D eigenvalue weighted by Gasteiger charge is -2.32. The zero-order chi connectivity index (χ0) is 17.7. The fraction of sp³-hybridized carbons (Fsp3) is 0.600. The van der Waals surface area contributed by atoms with Crippen LogP contribution in [-0.4, -0.2) is 40.9 Å². The molecular formula is C20H29BN2O2. The zero-order valence-electron chi connectivity index (χ0n) is 15.9. The average Bonchev–Trinajstić information content (AvgIpc) is 3.03. The Kier molecular flexibility index (Phi) is 4.22. The van der Waals surface area contributed by atoms with Crippen molar-refractivity contribution in [1.29, 1.82) is 0 Å². The summed E-state index contributed by atoms with van der Waals surface area (Å²) < 4.78 is 15.0. The maximum absolute atomic E-state index is 6.31. The molecule has 4 rings (SSSR count). The third-order valence-corrected chi connectivity index (χ3v) is 6.13. The second-order valence-corrected chi connectivity index (χ2v) is 8.48. The van der Waals surface area contributed by atoms with Crippen LogP contribution in [0, 0.1) is 0 Å². The van der Waals surface area contributed by atoms with Gasteiger partial charge in [-0.15, -0.1) is 0 Å². The Balaban J connectivity index is 1.68. The van der Waals surface area contributed by atoms with Gasteiger partial charge in [-0.25, -0.2) is 0 Å². The second kappa shape index (κ2) is 6.15. The van der Waals surface area contributed by atoms with E-state index in [1.54, 1.807) is 0 Å². The smallest absolute Gasteiger partial charge is 0.399 e. The first-order chi connectivity index (χ1) is 11.9. The molecule has 2 aliphatic heterocycles. The number of aromatic nitrogens is 1. The minimum atomic E-state index is -0.312. The quantitative estimate of drug-likeness (QED) is 0.802. The van der Waals surface area contributed by atoms with Crippen LogP contribution in [0.15, 0.2) is 30.5 Å². The molecule has 0 atom stereocenters. The molecular weight excluding hydrogens is 311 g/mol. The van der Waals surface area contributed by atoms with Crippen LogP contribution in [-0.2, 0) is 16.0 Å². The van der Waals surface area contributed by atoms with Crippen LogP contribution in [0.3, 0.4) is 0 Å². The Morgan fingerprint density at radius 2 is 1.60 bits per heavy atom. The standard InChI is InChI=1S/C20H29BN2O2/c1-19(2)20(3,4)25-21(24-19)17-14-23(15-22-12-8-5-9-13-22)18-11-7-6-10-16(17)18/h6-7,10-11,14H,5,8-9,12-13,15H2,1-4H3. The van der Waals surface area contributed by atoms with Gasteiger partial charge in [-0.3, -0.25) is 4.90 Å². The molecule has 0 N–H and O–H groups in total. The van der Waals surface area contributed by atoms with E-state index in [9.17, 15) is 0 Å². The molecule has 0 saturated carbocycles. The van der Waals surface area contributed by atoms with Crippen molar-refractivity contribution in [1.82, 2.24) is 9.47 Å². The van der Waals surface area contributed by atoms with Crippen molar-refractivity contribution in [2.45, 2.75) is 64.8 Å². The number of nitrogens with zero attached hydrogens (tertiary/aromatic N) is 2. The molecule has 0 spiro atoms. The van der Waals surface area contributed by atoms with Gasteiger partial charge in [0.1, 0.15) is 0 Å². The Morgan fingerprint density at radius 3 is 2.28 bits per heavy atom. The van der Waals surface area contributed by atoms with Crippen molar-refractivity contribution in [2.24, 2.45) is 0 Å². The molecule has 1 aromatic heterocycles. The van der Waals surface area contributed by atoms with E-state index in [0.717, 1.165) is 12.1 Å². The van der Waals surface area contributed by atoms with Crippen molar-refractivity contribution in [3.8, 4) is 0 Å². The monoisotopic (exact) mass is 340 g/mol. The Labute approximate surface area is 151 Å². The summed E-state index contributed by atoms with van der Waals surface area (Å²) in [5.41, 5.74) is 1.78. The number of likely N-dealkylation sites (tertiary alicyclic amines) is 1. The van der Waals surface area contributed by atoms with E-state index in [-0.39, 0.29) is 18.3 Å². The number of hydrogen-bond acceptors (Lipinski definition) is 3. The molecule has 2 fully saturated rings. The highest BCUT2D eigenvalue weighted by Gasteiger charge is 2.52. The fourth-order valence-corrected chi connectivity index (χ4v) is 3.87. The maximum Gasteiger partial charge on any atom is 0.497 e. The molecule has 2 aliphatic rings. The summed E-state index contributed by atoms with van der Waals surface area (Å²) in [5, 5.41) is 1.23. The van der Waals surface area contributed by atoms with Gasteiger partial charge in [0.15, 0.2) is 0 Å². The van der Waals surface area contributed by atoms with Gasteiger partial charge in [0, 0.05) is 17.2 Å². The number of para-hydroxylation sites is 1. The van der Waals surface area contributed by atoms with Crippen LogP contribution in [0.5, 0.6) is 0 Å². The van der Waals surface area contributed by atoms with Crippen molar-refractivity contribution in [3.05, 3.63) is 30.5 Å². The van der Waals surface area contributed by atoms with Crippen LogP contribution >= 0.6 is 0 Å². The largest absolute Gasteiger partial charge is 0.497 e. The molecule has 0 bridgehead atoms. The Bertz CT molecular complexity index is 746. The molecule has 0 radical (unpaired) electrons. The lowest BCUT2D eigenvalue weighted by atomic mass is 9.79. The van der Waals surface area contributed by atoms with Gasteiger partial charge in [-0.05, 0) is 65.1 Å². The van der Waals surface area contributed by atoms with Crippen molar-refractivity contribution >= 4 is 23.5 Å². The van der Waals surface area contributed by atoms with Gasteiger partial charge in [-0.1, -0.05) is 24.6 Å². The van der Waals surface area contributed by atoms with E-state index in [1.807, 2.05) is 0 Å². The van der Waals surface area contributed by atoms with Crippen LogP contribution in [0.25, 0.3) is 10.9 Å². The first kappa shape index (κ1) is 17.1. The normalized spacial score (nSPS) is 23.4. The van der Waals surface area contributed by atoms with Gasteiger partial charge < -0.3 is 13.9 Å². The summed E-state index contributed by atoms with van der Waals surface area (Å²) in [6.45, 7) is 11.8. The highest BCUT2D eigenvalue weighted by Crippen LogP contribution is 2.37. The van der Waals surface area contributed by atoms with E-state index in [0.29, 0.717) is 0 Å². The number of piperidine rings is 1. The van der Waals surface area contributed by atoms with Crippen molar-refractivity contribution in [3.63, 3.8) is 0 Å². The minimum absolute atomic E-state index is 0.308. The van der Waals surface area contributed by atoms with E-state index < -0.39 is 0 Å². The molecule has 0 amide bonds. The lowest BCUT2D eigenvalue weighted by molar-refractivity contribution is 0.00578. The highest BCUT2D eigenvalue weighted by atomic mass is 16.7. The number of fused-ring (bicyclic) bond motifs is 1. The van der Waals surface area contributed by atoms with E-state index in [4.69, 9.17) is 9.31 Å². The topological polar surface area (TPSA) is 26.6 Å². The molecule has 2 aromatic rings. The number of rotatable bonds is 3. The molecule has 134 valence electrons. The predicted molar refractivity (Wildman–Crippen MR) is 103 cm³/mol. The third-order valence-electron chi connectivity index (χ3n) is 6.13. The van der Waals surface area contributed by atoms with E-state index >= 15 is 0 Å². The van der Waals surface area contributed by atoms with Crippen LogP contribution < -0.4 is 5.46 Å². The Morgan fingerprint density at radius 1 is 0.960 bits per heavy atom. The lowest BCUT2D eigenvalue weighted by Crippen LogP contribution is -2.41. The summed E-state index contributed by atoms with van der Waals surface area (Å²) in [6, 6.07) is 8.60. The maximum atomic E-state index is 6.31. The van der Waals surface area contributed by atoms with Gasteiger partial charge in [-0.2, -0.15) is 0 Å². The molecule has 3 heterocycles. The van der Waals surface area contributed by atoms with Crippen molar-refractivity contribution in [2.75, 3.05) is 13.1 Å². The molecule has 4 nitrogen and oxygen atoms in total. The minimum Gasteiger partial charge on any atom is -0.399 e. The molecule has 2 saturated heterocycles. The summed E-state index contributed by atoms with van der Waals surface area (Å²) in [7, 11) is -0.308. The summed E-state index contributed by atoms with van der Waals surface area (Å²) in [5.74, 6) is 0. The van der Waals surface area contributed by atoms with Crippen LogP contribution in [0.4, 0.5) is 0 Å². The van der Waals surface area contributed by atoms with Crippen LogP contribution in [0.1, 0.15) is 47.0 Å². The second-order valence-electron chi connectivity index (χ2n) is 8.48. The summed E-state index contributed by atoms with van der Waals surface area (Å²) in [6.07, 6.45) is 6.22. The summed E-state index contributed by atoms with van der Waals surface area (Å²) >= 11 is 0. The predicted octanol–water partition coefficient (Wildman–Crippen LogP) is 3.38. The SMILES string of the molecule is CC1(C)OB(c2cn(CN3CCCCC3)c3ccccc23)OC1(C)C. The van der Waals surface area contributed by atoms with Gasteiger partial charge >= 0.3 is 7.12 Å². The first-order valence-corrected chi connectivity index (χ1v) is 9.53. The van der Waals surface area contributed by atoms with Crippen molar-refractivity contribution < 1.29 is 9.31 Å². The molecule has 5 heteroatoms. The Hall–Kier alpha value is -1.30. The van der Waals surface area contributed by atoms with Gasteiger partial charge in [0.05, 0.1) is 17.9 Å². The van der Waals surface area contributed by atoms with Crippen LogP contribution in [0.2, 0.25) is 0 Å². The molecule has 0 unspecified atom stereocenters. The fourth-order valence-electron chi connectivity index (χ4n) is 3.87. The zero-order valence-corrected chi connectivity index (χ0v) is 15.9. The highest BCUT2D eigenvalue weighted by molar-refractivity contribution is 6.65. The first-order valence-electron chi connectivity index (χ1n) is 9.53. The number of benzene rings is 1.